The number of aliphatic hydroxyl groups is 1. The van der Waals surface area contributed by atoms with Gasteiger partial charge in [0.1, 0.15) is 5.82 Å². The van der Waals surface area contributed by atoms with E-state index in [4.69, 9.17) is 0 Å². The van der Waals surface area contributed by atoms with Crippen LogP contribution in [0.15, 0.2) is 12.4 Å². The number of nitrogens with zero attached hydrogens (tertiary/aromatic N) is 3. The minimum Gasteiger partial charge on any atom is -0.391 e. The minimum atomic E-state index is -0.157. The molecule has 15 heavy (non-hydrogen) atoms. The highest BCUT2D eigenvalue weighted by atomic mass is 16.3. The van der Waals surface area contributed by atoms with Gasteiger partial charge in [0, 0.05) is 25.5 Å². The molecular formula is C11H19N3O. The van der Waals surface area contributed by atoms with Crippen LogP contribution in [0.25, 0.3) is 0 Å². The smallest absolute Gasteiger partial charge is 0.122 e. The normalized spacial score (nSPS) is 26.4. The van der Waals surface area contributed by atoms with Gasteiger partial charge < -0.3 is 9.67 Å². The van der Waals surface area contributed by atoms with Crippen LogP contribution >= 0.6 is 0 Å². The SMILES string of the molecule is CN(Cc1nccn1C)C1CCCC1O. The van der Waals surface area contributed by atoms with Crippen LogP contribution in [0, 0.1) is 0 Å². The molecule has 0 aromatic carbocycles. The first-order valence-corrected chi connectivity index (χ1v) is 5.53. The number of aromatic nitrogens is 2. The molecule has 4 heteroatoms. The maximum absolute atomic E-state index is 9.79. The van der Waals surface area contributed by atoms with Crippen LogP contribution in [0.2, 0.25) is 0 Å². The van der Waals surface area contributed by atoms with E-state index in [1.54, 1.807) is 0 Å². The van der Waals surface area contributed by atoms with Crippen molar-refractivity contribution < 1.29 is 5.11 Å². The molecule has 1 N–H and O–H groups in total. The number of rotatable bonds is 3. The molecule has 1 aliphatic rings. The molecule has 1 aliphatic carbocycles. The Morgan fingerprint density at radius 2 is 2.40 bits per heavy atom. The molecule has 2 unspecified atom stereocenters. The van der Waals surface area contributed by atoms with Crippen molar-refractivity contribution in [2.45, 2.75) is 38.0 Å². The topological polar surface area (TPSA) is 41.3 Å². The molecule has 84 valence electrons. The number of hydrogen-bond donors (Lipinski definition) is 1. The second kappa shape index (κ2) is 4.33. The largest absolute Gasteiger partial charge is 0.391 e. The highest BCUT2D eigenvalue weighted by Gasteiger charge is 2.28. The maximum Gasteiger partial charge on any atom is 0.122 e. The van der Waals surface area contributed by atoms with Gasteiger partial charge >= 0.3 is 0 Å². The van der Waals surface area contributed by atoms with Crippen LogP contribution in [-0.2, 0) is 13.6 Å². The Morgan fingerprint density at radius 3 is 2.93 bits per heavy atom. The summed E-state index contributed by atoms with van der Waals surface area (Å²) in [4.78, 5) is 6.50. The first-order valence-electron chi connectivity index (χ1n) is 5.53. The number of aryl methyl sites for hydroxylation is 1. The molecule has 1 fully saturated rings. The van der Waals surface area contributed by atoms with Crippen molar-refractivity contribution in [1.29, 1.82) is 0 Å². The minimum absolute atomic E-state index is 0.157. The van der Waals surface area contributed by atoms with E-state index in [1.807, 2.05) is 24.0 Å². The van der Waals surface area contributed by atoms with E-state index in [2.05, 4.69) is 16.9 Å². The van der Waals surface area contributed by atoms with Gasteiger partial charge in [-0.05, 0) is 26.3 Å². The van der Waals surface area contributed by atoms with Gasteiger partial charge in [-0.1, -0.05) is 0 Å². The van der Waals surface area contributed by atoms with Gasteiger partial charge in [-0.2, -0.15) is 0 Å². The third kappa shape index (κ3) is 2.21. The summed E-state index contributed by atoms with van der Waals surface area (Å²) in [5.74, 6) is 1.05. The Morgan fingerprint density at radius 1 is 1.60 bits per heavy atom. The summed E-state index contributed by atoms with van der Waals surface area (Å²) in [5, 5.41) is 9.79. The molecule has 0 amide bonds. The molecule has 2 atom stereocenters. The van der Waals surface area contributed by atoms with Gasteiger partial charge in [0.25, 0.3) is 0 Å². The lowest BCUT2D eigenvalue weighted by Gasteiger charge is -2.26. The molecule has 1 aromatic rings. The Bertz CT molecular complexity index is 323. The summed E-state index contributed by atoms with van der Waals surface area (Å²) < 4.78 is 2.03. The van der Waals surface area contributed by atoms with E-state index >= 15 is 0 Å². The Hall–Kier alpha value is -0.870. The lowest BCUT2D eigenvalue weighted by Crippen LogP contribution is -2.37. The summed E-state index contributed by atoms with van der Waals surface area (Å²) in [5.41, 5.74) is 0. The Balaban J connectivity index is 1.97. The van der Waals surface area contributed by atoms with Crippen LogP contribution in [0.4, 0.5) is 0 Å². The number of aliphatic hydroxyl groups excluding tert-OH is 1. The zero-order chi connectivity index (χ0) is 10.8. The van der Waals surface area contributed by atoms with E-state index in [0.717, 1.165) is 31.6 Å². The number of hydrogen-bond acceptors (Lipinski definition) is 3. The molecule has 0 spiro atoms. The van der Waals surface area contributed by atoms with E-state index in [1.165, 1.54) is 0 Å². The van der Waals surface area contributed by atoms with Crippen molar-refractivity contribution in [2.24, 2.45) is 7.05 Å². The van der Waals surface area contributed by atoms with E-state index < -0.39 is 0 Å². The van der Waals surface area contributed by atoms with Crippen molar-refractivity contribution in [3.8, 4) is 0 Å². The molecule has 0 bridgehead atoms. The van der Waals surface area contributed by atoms with Crippen LogP contribution in [-0.4, -0.2) is 38.8 Å². The zero-order valence-corrected chi connectivity index (χ0v) is 9.43. The van der Waals surface area contributed by atoms with Gasteiger partial charge in [-0.15, -0.1) is 0 Å². The lowest BCUT2D eigenvalue weighted by molar-refractivity contribution is 0.0806. The van der Waals surface area contributed by atoms with Crippen LogP contribution in [0.3, 0.4) is 0 Å². The maximum atomic E-state index is 9.79. The number of likely N-dealkylation sites (N-methyl/N-ethyl adjacent to an activating group) is 1. The highest BCUT2D eigenvalue weighted by Crippen LogP contribution is 2.23. The fourth-order valence-electron chi connectivity index (χ4n) is 2.32. The first kappa shape index (κ1) is 10.6. The number of imidazole rings is 1. The second-order valence-electron chi connectivity index (χ2n) is 4.44. The third-order valence-electron chi connectivity index (χ3n) is 3.32. The summed E-state index contributed by atoms with van der Waals surface area (Å²) in [6, 6.07) is 0.307. The molecule has 1 heterocycles. The monoisotopic (exact) mass is 209 g/mol. The summed E-state index contributed by atoms with van der Waals surface area (Å²) in [7, 11) is 4.06. The van der Waals surface area contributed by atoms with Crippen molar-refractivity contribution in [1.82, 2.24) is 14.5 Å². The molecule has 1 aromatic heterocycles. The molecule has 2 rings (SSSR count). The van der Waals surface area contributed by atoms with Crippen molar-refractivity contribution in [2.75, 3.05) is 7.05 Å². The summed E-state index contributed by atoms with van der Waals surface area (Å²) >= 11 is 0. The molecule has 0 saturated heterocycles. The molecule has 1 saturated carbocycles. The summed E-state index contributed by atoms with van der Waals surface area (Å²) in [6.45, 7) is 0.811. The van der Waals surface area contributed by atoms with Gasteiger partial charge in [0.2, 0.25) is 0 Å². The average molecular weight is 209 g/mol. The van der Waals surface area contributed by atoms with E-state index in [0.29, 0.717) is 6.04 Å². The van der Waals surface area contributed by atoms with Gasteiger partial charge in [-0.3, -0.25) is 4.90 Å². The van der Waals surface area contributed by atoms with Gasteiger partial charge in [0.15, 0.2) is 0 Å². The predicted octanol–water partition coefficient (Wildman–Crippen LogP) is 0.765. The van der Waals surface area contributed by atoms with Crippen molar-refractivity contribution in [3.63, 3.8) is 0 Å². The fourth-order valence-corrected chi connectivity index (χ4v) is 2.32. The van der Waals surface area contributed by atoms with E-state index in [9.17, 15) is 5.11 Å². The molecule has 0 aliphatic heterocycles. The van der Waals surface area contributed by atoms with Crippen LogP contribution < -0.4 is 0 Å². The van der Waals surface area contributed by atoms with Gasteiger partial charge in [0.05, 0.1) is 12.6 Å². The van der Waals surface area contributed by atoms with E-state index in [-0.39, 0.29) is 6.10 Å². The van der Waals surface area contributed by atoms with Crippen molar-refractivity contribution in [3.05, 3.63) is 18.2 Å². The first-order chi connectivity index (χ1) is 7.18. The van der Waals surface area contributed by atoms with Crippen LogP contribution in [0.1, 0.15) is 25.1 Å². The average Bonchev–Trinajstić information content (AvgIpc) is 2.76. The zero-order valence-electron chi connectivity index (χ0n) is 9.43. The molecule has 0 radical (unpaired) electrons. The second-order valence-corrected chi connectivity index (χ2v) is 4.44. The highest BCUT2D eigenvalue weighted by molar-refractivity contribution is 4.93. The third-order valence-corrected chi connectivity index (χ3v) is 3.32. The van der Waals surface area contributed by atoms with Gasteiger partial charge in [-0.25, -0.2) is 4.98 Å². The van der Waals surface area contributed by atoms with Crippen LogP contribution in [0.5, 0.6) is 0 Å². The quantitative estimate of drug-likeness (QED) is 0.799. The molecular weight excluding hydrogens is 190 g/mol. The Kier molecular flexibility index (Phi) is 3.07. The summed E-state index contributed by atoms with van der Waals surface area (Å²) in [6.07, 6.45) is 6.78. The Labute approximate surface area is 90.5 Å². The lowest BCUT2D eigenvalue weighted by atomic mass is 10.2. The standard InChI is InChI=1S/C11H19N3O/c1-13-7-6-12-11(13)8-14(2)9-4-3-5-10(9)15/h6-7,9-10,15H,3-5,8H2,1-2H3. The van der Waals surface area contributed by atoms with Crippen molar-refractivity contribution >= 4 is 0 Å². The fraction of sp³-hybridized carbons (Fsp3) is 0.727. The molecule has 4 nitrogen and oxygen atoms in total. The predicted molar refractivity (Wildman–Crippen MR) is 58.3 cm³/mol.